The molecule has 0 saturated carbocycles. The minimum atomic E-state index is -0.309. The van der Waals surface area contributed by atoms with Crippen molar-refractivity contribution in [2.24, 2.45) is 0 Å². The number of pyridine rings is 1. The number of nitrogens with zero attached hydrogens (tertiary/aromatic N) is 1. The number of nitrogens with one attached hydrogen (secondary N) is 1. The van der Waals surface area contributed by atoms with Crippen LogP contribution in [0.25, 0.3) is 22.2 Å². The van der Waals surface area contributed by atoms with Gasteiger partial charge in [-0.15, -0.1) is 0 Å². The van der Waals surface area contributed by atoms with Crippen molar-refractivity contribution in [3.63, 3.8) is 0 Å². The van der Waals surface area contributed by atoms with Gasteiger partial charge in [0.05, 0.1) is 22.8 Å². The zero-order chi connectivity index (χ0) is 21.4. The second kappa shape index (κ2) is 7.72. The highest BCUT2D eigenvalue weighted by molar-refractivity contribution is 6.07. The average molecular weight is 414 g/mol. The maximum atomic E-state index is 13.2. The second-order valence-corrected chi connectivity index (χ2v) is 7.39. The van der Waals surface area contributed by atoms with E-state index in [9.17, 15) is 9.18 Å². The van der Waals surface area contributed by atoms with Gasteiger partial charge in [-0.3, -0.25) is 4.79 Å². The molecule has 1 aliphatic heterocycles. The molecule has 154 valence electrons. The van der Waals surface area contributed by atoms with Crippen molar-refractivity contribution < 1.29 is 18.7 Å². The molecule has 0 saturated heterocycles. The Kier molecular flexibility index (Phi) is 4.75. The standard InChI is InChI=1S/C25H19FN2O3/c1-15(16-6-9-18(26)10-7-16)27-25(29)20-13-22(28-21-5-3-2-4-19(20)21)17-8-11-23-24(12-17)31-14-30-23/h2-13,15H,14H2,1H3,(H,27,29)/t15-/m0/s1. The van der Waals surface area contributed by atoms with E-state index in [0.717, 1.165) is 22.0 Å². The second-order valence-electron chi connectivity index (χ2n) is 7.39. The molecule has 0 spiro atoms. The summed E-state index contributed by atoms with van der Waals surface area (Å²) in [6.45, 7) is 2.06. The van der Waals surface area contributed by atoms with Crippen molar-refractivity contribution in [1.29, 1.82) is 0 Å². The van der Waals surface area contributed by atoms with Crippen molar-refractivity contribution in [2.45, 2.75) is 13.0 Å². The number of hydrogen-bond donors (Lipinski definition) is 1. The van der Waals surface area contributed by atoms with E-state index in [-0.39, 0.29) is 24.6 Å². The third kappa shape index (κ3) is 3.68. The molecule has 6 heteroatoms. The smallest absolute Gasteiger partial charge is 0.252 e. The first kappa shape index (κ1) is 19.1. The predicted molar refractivity (Wildman–Crippen MR) is 116 cm³/mol. The molecule has 0 fully saturated rings. The maximum absolute atomic E-state index is 13.2. The zero-order valence-electron chi connectivity index (χ0n) is 16.8. The summed E-state index contributed by atoms with van der Waals surface area (Å²) in [6.07, 6.45) is 0. The summed E-state index contributed by atoms with van der Waals surface area (Å²) in [7, 11) is 0. The van der Waals surface area contributed by atoms with Gasteiger partial charge >= 0.3 is 0 Å². The van der Waals surface area contributed by atoms with E-state index in [1.54, 1.807) is 18.2 Å². The van der Waals surface area contributed by atoms with Crippen LogP contribution in [0.3, 0.4) is 0 Å². The Hall–Kier alpha value is -3.93. The molecule has 1 aliphatic rings. The van der Waals surface area contributed by atoms with Gasteiger partial charge < -0.3 is 14.8 Å². The summed E-state index contributed by atoms with van der Waals surface area (Å²) in [4.78, 5) is 18.0. The Balaban J connectivity index is 1.53. The van der Waals surface area contributed by atoms with Crippen LogP contribution in [0.2, 0.25) is 0 Å². The molecule has 2 heterocycles. The first-order valence-electron chi connectivity index (χ1n) is 9.94. The first-order valence-corrected chi connectivity index (χ1v) is 9.94. The fourth-order valence-corrected chi connectivity index (χ4v) is 3.68. The minimum Gasteiger partial charge on any atom is -0.454 e. The monoisotopic (exact) mass is 414 g/mol. The number of amides is 1. The van der Waals surface area contributed by atoms with Crippen LogP contribution in [-0.4, -0.2) is 17.7 Å². The number of hydrogen-bond acceptors (Lipinski definition) is 4. The SMILES string of the molecule is C[C@H](NC(=O)c1cc(-c2ccc3c(c2)OCO3)nc2ccccc12)c1ccc(F)cc1. The molecule has 1 amide bonds. The normalized spacial score (nSPS) is 13.2. The third-order valence-electron chi connectivity index (χ3n) is 5.35. The Morgan fingerprint density at radius 2 is 1.77 bits per heavy atom. The van der Waals surface area contributed by atoms with Crippen molar-refractivity contribution in [2.75, 3.05) is 6.79 Å². The number of carbonyl (C=O) groups excluding carboxylic acids is 1. The molecule has 1 aromatic heterocycles. The lowest BCUT2D eigenvalue weighted by molar-refractivity contribution is 0.0941. The number of carbonyl (C=O) groups is 1. The lowest BCUT2D eigenvalue weighted by atomic mass is 10.0. The largest absolute Gasteiger partial charge is 0.454 e. The van der Waals surface area contributed by atoms with Gasteiger partial charge in [0.1, 0.15) is 5.82 Å². The van der Waals surface area contributed by atoms with E-state index in [4.69, 9.17) is 14.5 Å². The van der Waals surface area contributed by atoms with E-state index < -0.39 is 0 Å². The molecule has 1 N–H and O–H groups in total. The number of rotatable bonds is 4. The fraction of sp³-hybridized carbons (Fsp3) is 0.120. The van der Waals surface area contributed by atoms with E-state index in [1.807, 2.05) is 49.4 Å². The summed E-state index contributed by atoms with van der Waals surface area (Å²) in [6, 6.07) is 20.7. The van der Waals surface area contributed by atoms with Gasteiger partial charge in [-0.2, -0.15) is 0 Å². The minimum absolute atomic E-state index is 0.193. The molecule has 0 aliphatic carbocycles. The van der Waals surface area contributed by atoms with Crippen molar-refractivity contribution in [1.82, 2.24) is 10.3 Å². The van der Waals surface area contributed by atoms with Crippen LogP contribution in [0.4, 0.5) is 4.39 Å². The number of benzene rings is 3. The molecule has 5 nitrogen and oxygen atoms in total. The van der Waals surface area contributed by atoms with Crippen LogP contribution in [0.1, 0.15) is 28.9 Å². The topological polar surface area (TPSA) is 60.5 Å². The first-order chi connectivity index (χ1) is 15.1. The van der Waals surface area contributed by atoms with Gasteiger partial charge in [-0.05, 0) is 55.0 Å². The number of halogens is 1. The molecule has 31 heavy (non-hydrogen) atoms. The van der Waals surface area contributed by atoms with Crippen LogP contribution < -0.4 is 14.8 Å². The molecule has 3 aromatic carbocycles. The predicted octanol–water partition coefficient (Wildman–Crippen LogP) is 5.26. The number of ether oxygens (including phenoxy) is 2. The Morgan fingerprint density at radius 1 is 1.00 bits per heavy atom. The highest BCUT2D eigenvalue weighted by Crippen LogP contribution is 2.36. The Labute approximate surface area is 178 Å². The van der Waals surface area contributed by atoms with Gasteiger partial charge in [-0.1, -0.05) is 30.3 Å². The maximum Gasteiger partial charge on any atom is 0.252 e. The van der Waals surface area contributed by atoms with Crippen LogP contribution in [0, 0.1) is 5.82 Å². The molecule has 0 unspecified atom stereocenters. The van der Waals surface area contributed by atoms with Crippen molar-refractivity contribution in [3.05, 3.63) is 89.7 Å². The van der Waals surface area contributed by atoms with E-state index >= 15 is 0 Å². The summed E-state index contributed by atoms with van der Waals surface area (Å²) in [5.74, 6) is 0.812. The highest BCUT2D eigenvalue weighted by Gasteiger charge is 2.19. The summed E-state index contributed by atoms with van der Waals surface area (Å²) >= 11 is 0. The van der Waals surface area contributed by atoms with Crippen LogP contribution in [0.15, 0.2) is 72.8 Å². The van der Waals surface area contributed by atoms with E-state index in [2.05, 4.69) is 5.32 Å². The van der Waals surface area contributed by atoms with Gasteiger partial charge in [0.15, 0.2) is 11.5 Å². The van der Waals surface area contributed by atoms with Crippen LogP contribution in [0.5, 0.6) is 11.5 Å². The van der Waals surface area contributed by atoms with Crippen molar-refractivity contribution >= 4 is 16.8 Å². The van der Waals surface area contributed by atoms with Gasteiger partial charge in [0.2, 0.25) is 6.79 Å². The van der Waals surface area contributed by atoms with Crippen molar-refractivity contribution in [3.8, 4) is 22.8 Å². The average Bonchev–Trinajstić information content (AvgIpc) is 3.26. The summed E-state index contributed by atoms with van der Waals surface area (Å²) < 4.78 is 24.1. The molecular formula is C25H19FN2O3. The molecule has 4 aromatic rings. The number of fused-ring (bicyclic) bond motifs is 2. The van der Waals surface area contributed by atoms with Gasteiger partial charge in [-0.25, -0.2) is 9.37 Å². The summed E-state index contributed by atoms with van der Waals surface area (Å²) in [5, 5.41) is 3.77. The zero-order valence-corrected chi connectivity index (χ0v) is 16.8. The van der Waals surface area contributed by atoms with Crippen LogP contribution >= 0.6 is 0 Å². The molecule has 5 rings (SSSR count). The highest BCUT2D eigenvalue weighted by atomic mass is 19.1. The Bertz CT molecular complexity index is 1290. The Morgan fingerprint density at radius 3 is 2.61 bits per heavy atom. The number of aromatic nitrogens is 1. The third-order valence-corrected chi connectivity index (χ3v) is 5.35. The lowest BCUT2D eigenvalue weighted by Crippen LogP contribution is -2.27. The van der Waals surface area contributed by atoms with Crippen LogP contribution in [-0.2, 0) is 0 Å². The summed E-state index contributed by atoms with van der Waals surface area (Å²) in [5.41, 5.74) is 3.56. The molecular weight excluding hydrogens is 395 g/mol. The molecule has 0 bridgehead atoms. The van der Waals surface area contributed by atoms with E-state index in [1.165, 1.54) is 12.1 Å². The lowest BCUT2D eigenvalue weighted by Gasteiger charge is -2.16. The fourth-order valence-electron chi connectivity index (χ4n) is 3.68. The molecule has 1 atom stereocenters. The molecule has 0 radical (unpaired) electrons. The van der Waals surface area contributed by atoms with E-state index in [0.29, 0.717) is 22.8 Å². The number of para-hydroxylation sites is 1. The quantitative estimate of drug-likeness (QED) is 0.495. The van der Waals surface area contributed by atoms with Gasteiger partial charge in [0, 0.05) is 10.9 Å². The van der Waals surface area contributed by atoms with Gasteiger partial charge in [0.25, 0.3) is 5.91 Å².